The summed E-state index contributed by atoms with van der Waals surface area (Å²) < 4.78 is 10.9. The lowest BCUT2D eigenvalue weighted by Gasteiger charge is -2.21. The van der Waals surface area contributed by atoms with Crippen LogP contribution in [0, 0.1) is 0 Å². The van der Waals surface area contributed by atoms with Gasteiger partial charge in [0.05, 0.1) is 0 Å². The van der Waals surface area contributed by atoms with Crippen molar-refractivity contribution in [3.63, 3.8) is 0 Å². The molecular formula is C12H26N2O3. The predicted octanol–water partition coefficient (Wildman–Crippen LogP) is 0.844. The molecule has 0 aliphatic heterocycles. The monoisotopic (exact) mass is 246 g/mol. The first-order valence-corrected chi connectivity index (χ1v) is 6.26. The average Bonchev–Trinajstić information content (AvgIpc) is 2.33. The fourth-order valence-electron chi connectivity index (χ4n) is 1.44. The molecule has 0 bridgehead atoms. The number of nitrogens with one attached hydrogen (secondary N) is 1. The Hall–Kier alpha value is -0.650. The first-order chi connectivity index (χ1) is 8.13. The maximum Gasteiger partial charge on any atom is 0.221 e. The molecule has 5 heteroatoms. The topological polar surface area (TPSA) is 50.8 Å². The normalized spacial score (nSPS) is 11.2. The SMILES string of the molecule is CCOC(CCN(C)CCC(=O)NC)OCC. The van der Waals surface area contributed by atoms with Gasteiger partial charge in [-0.1, -0.05) is 0 Å². The Bertz CT molecular complexity index is 194. The molecule has 0 aromatic carbocycles. The minimum atomic E-state index is -0.132. The van der Waals surface area contributed by atoms with Crippen molar-refractivity contribution in [3.8, 4) is 0 Å². The number of rotatable bonds is 10. The minimum absolute atomic E-state index is 0.0722. The van der Waals surface area contributed by atoms with E-state index in [0.717, 1.165) is 19.5 Å². The number of carbonyl (C=O) groups excluding carboxylic acids is 1. The zero-order chi connectivity index (χ0) is 13.1. The molecule has 0 aromatic heterocycles. The summed E-state index contributed by atoms with van der Waals surface area (Å²) in [5.41, 5.74) is 0. The maximum atomic E-state index is 11.1. The Balaban J connectivity index is 3.71. The van der Waals surface area contributed by atoms with Crippen LogP contribution in [0.1, 0.15) is 26.7 Å². The van der Waals surface area contributed by atoms with Crippen LogP contribution in [0.15, 0.2) is 0 Å². The van der Waals surface area contributed by atoms with E-state index in [1.807, 2.05) is 20.9 Å². The van der Waals surface area contributed by atoms with Crippen molar-refractivity contribution in [2.75, 3.05) is 40.4 Å². The van der Waals surface area contributed by atoms with E-state index in [9.17, 15) is 4.79 Å². The third-order valence-corrected chi connectivity index (χ3v) is 2.45. The smallest absolute Gasteiger partial charge is 0.221 e. The van der Waals surface area contributed by atoms with Crippen LogP contribution in [0.25, 0.3) is 0 Å². The molecule has 102 valence electrons. The summed E-state index contributed by atoms with van der Waals surface area (Å²) in [6.45, 7) is 6.86. The lowest BCUT2D eigenvalue weighted by molar-refractivity contribution is -0.141. The van der Waals surface area contributed by atoms with E-state index in [1.165, 1.54) is 0 Å². The van der Waals surface area contributed by atoms with Crippen molar-refractivity contribution in [2.24, 2.45) is 0 Å². The third kappa shape index (κ3) is 9.09. The second-order valence-corrected chi connectivity index (χ2v) is 3.86. The number of hydrogen-bond donors (Lipinski definition) is 1. The Morgan fingerprint density at radius 1 is 1.24 bits per heavy atom. The quantitative estimate of drug-likeness (QED) is 0.580. The largest absolute Gasteiger partial charge is 0.359 e. The fraction of sp³-hybridized carbons (Fsp3) is 0.917. The van der Waals surface area contributed by atoms with E-state index in [-0.39, 0.29) is 12.2 Å². The van der Waals surface area contributed by atoms with Gasteiger partial charge in [-0.15, -0.1) is 0 Å². The molecule has 0 saturated heterocycles. The predicted molar refractivity (Wildman–Crippen MR) is 67.8 cm³/mol. The molecule has 17 heavy (non-hydrogen) atoms. The van der Waals surface area contributed by atoms with Gasteiger partial charge in [0, 0.05) is 46.2 Å². The molecule has 0 aliphatic rings. The van der Waals surface area contributed by atoms with Gasteiger partial charge in [0.15, 0.2) is 6.29 Å². The van der Waals surface area contributed by atoms with Crippen LogP contribution in [0.4, 0.5) is 0 Å². The van der Waals surface area contributed by atoms with Gasteiger partial charge < -0.3 is 19.7 Å². The summed E-state index contributed by atoms with van der Waals surface area (Å²) in [6, 6.07) is 0. The van der Waals surface area contributed by atoms with Gasteiger partial charge in [-0.3, -0.25) is 4.79 Å². The minimum Gasteiger partial charge on any atom is -0.359 e. The third-order valence-electron chi connectivity index (χ3n) is 2.45. The number of amides is 1. The second kappa shape index (κ2) is 10.5. The van der Waals surface area contributed by atoms with Crippen LogP contribution in [0.5, 0.6) is 0 Å². The fourth-order valence-corrected chi connectivity index (χ4v) is 1.44. The Morgan fingerprint density at radius 2 is 1.82 bits per heavy atom. The summed E-state index contributed by atoms with van der Waals surface area (Å²) in [5.74, 6) is 0.0722. The first-order valence-electron chi connectivity index (χ1n) is 6.26. The summed E-state index contributed by atoms with van der Waals surface area (Å²) in [6.07, 6.45) is 1.22. The van der Waals surface area contributed by atoms with Gasteiger partial charge in [0.25, 0.3) is 0 Å². The Kier molecular flexibility index (Phi) is 10.1. The van der Waals surface area contributed by atoms with Crippen molar-refractivity contribution in [1.29, 1.82) is 0 Å². The molecule has 5 nitrogen and oxygen atoms in total. The van der Waals surface area contributed by atoms with Gasteiger partial charge >= 0.3 is 0 Å². The Morgan fingerprint density at radius 3 is 2.29 bits per heavy atom. The Labute approximate surface area is 104 Å². The van der Waals surface area contributed by atoms with Crippen molar-refractivity contribution >= 4 is 5.91 Å². The molecule has 0 spiro atoms. The van der Waals surface area contributed by atoms with Gasteiger partial charge in [-0.05, 0) is 20.9 Å². The molecule has 0 heterocycles. The van der Waals surface area contributed by atoms with Crippen LogP contribution < -0.4 is 5.32 Å². The van der Waals surface area contributed by atoms with Crippen molar-refractivity contribution in [3.05, 3.63) is 0 Å². The lowest BCUT2D eigenvalue weighted by Crippen LogP contribution is -2.30. The van der Waals surface area contributed by atoms with E-state index < -0.39 is 0 Å². The molecule has 1 amide bonds. The molecular weight excluding hydrogens is 220 g/mol. The first kappa shape index (κ1) is 16.4. The van der Waals surface area contributed by atoms with Gasteiger partial charge in [0.2, 0.25) is 5.91 Å². The zero-order valence-corrected chi connectivity index (χ0v) is 11.5. The summed E-state index contributed by atoms with van der Waals surface area (Å²) in [5, 5.41) is 2.61. The van der Waals surface area contributed by atoms with Crippen molar-refractivity contribution in [1.82, 2.24) is 10.2 Å². The van der Waals surface area contributed by atoms with E-state index in [2.05, 4.69) is 10.2 Å². The number of ether oxygens (including phenoxy) is 2. The molecule has 0 rings (SSSR count). The molecule has 0 fully saturated rings. The van der Waals surface area contributed by atoms with Crippen LogP contribution in [-0.2, 0) is 14.3 Å². The molecule has 0 saturated carbocycles. The average molecular weight is 246 g/mol. The molecule has 0 atom stereocenters. The lowest BCUT2D eigenvalue weighted by atomic mass is 10.3. The van der Waals surface area contributed by atoms with Gasteiger partial charge in [0.1, 0.15) is 0 Å². The van der Waals surface area contributed by atoms with Gasteiger partial charge in [-0.25, -0.2) is 0 Å². The van der Waals surface area contributed by atoms with Crippen molar-refractivity contribution < 1.29 is 14.3 Å². The second-order valence-electron chi connectivity index (χ2n) is 3.86. The van der Waals surface area contributed by atoms with Crippen LogP contribution >= 0.6 is 0 Å². The highest BCUT2D eigenvalue weighted by Gasteiger charge is 2.10. The molecule has 1 N–H and O–H groups in total. The summed E-state index contributed by atoms with van der Waals surface area (Å²) in [4.78, 5) is 13.2. The highest BCUT2D eigenvalue weighted by Crippen LogP contribution is 2.02. The van der Waals surface area contributed by atoms with E-state index in [0.29, 0.717) is 19.6 Å². The molecule has 0 aliphatic carbocycles. The van der Waals surface area contributed by atoms with Gasteiger partial charge in [-0.2, -0.15) is 0 Å². The standard InChI is InChI=1S/C12H26N2O3/c1-5-16-12(17-6-2)8-10-14(4)9-7-11(15)13-3/h12H,5-10H2,1-4H3,(H,13,15). The zero-order valence-electron chi connectivity index (χ0n) is 11.5. The number of hydrogen-bond acceptors (Lipinski definition) is 4. The maximum absolute atomic E-state index is 11.1. The van der Waals surface area contributed by atoms with Crippen LogP contribution in [0.3, 0.4) is 0 Å². The highest BCUT2D eigenvalue weighted by molar-refractivity contribution is 5.75. The van der Waals surface area contributed by atoms with E-state index >= 15 is 0 Å². The summed E-state index contributed by atoms with van der Waals surface area (Å²) in [7, 11) is 3.65. The van der Waals surface area contributed by atoms with E-state index in [1.54, 1.807) is 7.05 Å². The molecule has 0 radical (unpaired) electrons. The van der Waals surface area contributed by atoms with Crippen LogP contribution in [0.2, 0.25) is 0 Å². The highest BCUT2D eigenvalue weighted by atomic mass is 16.7. The number of carbonyl (C=O) groups is 1. The molecule has 0 unspecified atom stereocenters. The van der Waals surface area contributed by atoms with Crippen molar-refractivity contribution in [2.45, 2.75) is 33.0 Å². The summed E-state index contributed by atoms with van der Waals surface area (Å²) >= 11 is 0. The van der Waals surface area contributed by atoms with E-state index in [4.69, 9.17) is 9.47 Å². The molecule has 0 aromatic rings. The van der Waals surface area contributed by atoms with Crippen LogP contribution in [-0.4, -0.2) is 57.5 Å². The number of nitrogens with zero attached hydrogens (tertiary/aromatic N) is 1.